The van der Waals surface area contributed by atoms with Crippen LogP contribution < -0.4 is 14.9 Å². The molecule has 2 amide bonds. The number of pyridine rings is 1. The highest BCUT2D eigenvalue weighted by molar-refractivity contribution is 7.91. The zero-order valence-electron chi connectivity index (χ0n) is 27.7. The number of carbonyl (C=O) groups is 2. The number of anilines is 2. The molecular weight excluding hydrogens is 671 g/mol. The maximum Gasteiger partial charge on any atom is 0.284 e. The lowest BCUT2D eigenvalue weighted by Gasteiger charge is -2.31. The van der Waals surface area contributed by atoms with Crippen LogP contribution in [0, 0.1) is 18.3 Å². The molecular formula is C37H35N7O4S2. The standard InChI is InChI=1S/C37H35N7O4S2/c1-4-22(2)20-44-23(3)29(18-25(44)19-38)27-14-15-33(40-34(27)36(46)42-50(47,48)26-12-13-26)43-17-16-24-8-7-9-28(30(24)21-43)35(45)41-37-39-31-10-5-6-11-32(31)49-37/h5-11,14-15,18,26H,2,4,12-13,16-17,20-21H2,1,3H3,(H,42,46)(H,39,41,45). The third-order valence-electron chi connectivity index (χ3n) is 9.30. The molecule has 2 aromatic carbocycles. The van der Waals surface area contributed by atoms with Crippen LogP contribution in [0.4, 0.5) is 10.9 Å². The Morgan fingerprint density at radius 2 is 1.86 bits per heavy atom. The number of sulfonamides is 1. The Hall–Kier alpha value is -5.32. The van der Waals surface area contributed by atoms with Crippen molar-refractivity contribution in [3.05, 3.63) is 107 Å². The first-order valence-corrected chi connectivity index (χ1v) is 18.8. The van der Waals surface area contributed by atoms with Gasteiger partial charge in [0.25, 0.3) is 11.8 Å². The van der Waals surface area contributed by atoms with Gasteiger partial charge in [-0.05, 0) is 80.1 Å². The maximum atomic E-state index is 13.8. The number of fused-ring (bicyclic) bond motifs is 2. The molecule has 254 valence electrons. The van der Waals surface area contributed by atoms with E-state index in [1.807, 2.05) is 59.7 Å². The largest absolute Gasteiger partial charge is 0.352 e. The van der Waals surface area contributed by atoms with Crippen LogP contribution in [0.3, 0.4) is 0 Å². The minimum absolute atomic E-state index is 0.0570. The Labute approximate surface area is 294 Å². The molecule has 0 atom stereocenters. The van der Waals surface area contributed by atoms with E-state index < -0.39 is 21.2 Å². The highest BCUT2D eigenvalue weighted by Gasteiger charge is 2.38. The molecule has 5 aromatic rings. The van der Waals surface area contributed by atoms with Gasteiger partial charge >= 0.3 is 0 Å². The highest BCUT2D eigenvalue weighted by atomic mass is 32.2. The van der Waals surface area contributed by atoms with Crippen molar-refractivity contribution < 1.29 is 18.0 Å². The fourth-order valence-corrected chi connectivity index (χ4v) is 8.42. The van der Waals surface area contributed by atoms with Crippen molar-refractivity contribution in [3.8, 4) is 17.2 Å². The SMILES string of the molecule is C=C(CC)Cn1c(C#N)cc(-c2ccc(N3CCc4cccc(C(=O)Nc5nc6ccccc6s5)c4C3)nc2C(=O)NS(=O)(=O)C2CC2)c1C. The summed E-state index contributed by atoms with van der Waals surface area (Å²) < 4.78 is 30.9. The number of aromatic nitrogens is 3. The molecule has 0 bridgehead atoms. The molecule has 0 spiro atoms. The molecule has 0 unspecified atom stereocenters. The van der Waals surface area contributed by atoms with Gasteiger partial charge in [-0.15, -0.1) is 0 Å². The molecule has 0 saturated heterocycles. The summed E-state index contributed by atoms with van der Waals surface area (Å²) >= 11 is 1.41. The summed E-state index contributed by atoms with van der Waals surface area (Å²) in [4.78, 5) is 38.7. The number of allylic oxidation sites excluding steroid dienone is 1. The average molecular weight is 706 g/mol. The van der Waals surface area contributed by atoms with E-state index in [-0.39, 0.29) is 11.6 Å². The van der Waals surface area contributed by atoms with Gasteiger partial charge in [0.1, 0.15) is 23.3 Å². The summed E-state index contributed by atoms with van der Waals surface area (Å²) in [6, 6.07) is 20.9. The number of nitriles is 1. The number of amides is 2. The van der Waals surface area contributed by atoms with Gasteiger partial charge in [-0.1, -0.05) is 54.7 Å². The van der Waals surface area contributed by atoms with Crippen molar-refractivity contribution in [2.24, 2.45) is 0 Å². The van der Waals surface area contributed by atoms with Gasteiger partial charge in [0, 0.05) is 42.0 Å². The maximum absolute atomic E-state index is 13.8. The first-order chi connectivity index (χ1) is 24.1. The number of rotatable bonds is 10. The highest BCUT2D eigenvalue weighted by Crippen LogP contribution is 2.34. The van der Waals surface area contributed by atoms with E-state index in [0.29, 0.717) is 72.2 Å². The van der Waals surface area contributed by atoms with E-state index in [0.717, 1.165) is 39.0 Å². The third-order valence-corrected chi connectivity index (χ3v) is 12.1. The van der Waals surface area contributed by atoms with Crippen molar-refractivity contribution in [3.63, 3.8) is 0 Å². The second-order valence-corrected chi connectivity index (χ2v) is 15.6. The summed E-state index contributed by atoms with van der Waals surface area (Å²) in [5.74, 6) is -0.632. The molecule has 1 fully saturated rings. The molecule has 1 saturated carbocycles. The zero-order valence-corrected chi connectivity index (χ0v) is 29.3. The van der Waals surface area contributed by atoms with Crippen LogP contribution in [0.2, 0.25) is 0 Å². The molecule has 1 aliphatic heterocycles. The molecule has 50 heavy (non-hydrogen) atoms. The van der Waals surface area contributed by atoms with E-state index in [1.54, 1.807) is 24.3 Å². The number of para-hydroxylation sites is 1. The number of nitrogens with zero attached hydrogens (tertiary/aromatic N) is 5. The quantitative estimate of drug-likeness (QED) is 0.160. The molecule has 13 heteroatoms. The van der Waals surface area contributed by atoms with Gasteiger partial charge in [0.15, 0.2) is 5.13 Å². The number of nitrogens with one attached hydrogen (secondary N) is 2. The molecule has 11 nitrogen and oxygen atoms in total. The summed E-state index contributed by atoms with van der Waals surface area (Å²) in [5, 5.41) is 12.8. The van der Waals surface area contributed by atoms with Crippen molar-refractivity contribution in [2.75, 3.05) is 16.8 Å². The predicted octanol–water partition coefficient (Wildman–Crippen LogP) is 6.34. The number of carbonyl (C=O) groups excluding carboxylic acids is 2. The van der Waals surface area contributed by atoms with Gasteiger partial charge in [0.2, 0.25) is 10.0 Å². The van der Waals surface area contributed by atoms with Crippen LogP contribution in [0.25, 0.3) is 21.3 Å². The smallest absolute Gasteiger partial charge is 0.284 e. The molecule has 2 aliphatic rings. The van der Waals surface area contributed by atoms with Crippen molar-refractivity contribution in [2.45, 2.75) is 57.9 Å². The topological polar surface area (TPSA) is 150 Å². The van der Waals surface area contributed by atoms with Gasteiger partial charge in [0.05, 0.1) is 15.5 Å². The lowest BCUT2D eigenvalue weighted by molar-refractivity contribution is 0.0975. The Balaban J connectivity index is 1.23. The fraction of sp³-hybridized carbons (Fsp3) is 0.270. The predicted molar refractivity (Wildman–Crippen MR) is 195 cm³/mol. The normalized spacial score (nSPS) is 14.2. The molecule has 1 aliphatic carbocycles. The lowest BCUT2D eigenvalue weighted by Crippen LogP contribution is -2.35. The zero-order chi connectivity index (χ0) is 35.2. The van der Waals surface area contributed by atoms with Crippen LogP contribution in [0.5, 0.6) is 0 Å². The van der Waals surface area contributed by atoms with Crippen LogP contribution in [0.1, 0.15) is 69.5 Å². The summed E-state index contributed by atoms with van der Waals surface area (Å²) in [7, 11) is -3.87. The molecule has 0 radical (unpaired) electrons. The Morgan fingerprint density at radius 1 is 1.06 bits per heavy atom. The van der Waals surface area contributed by atoms with Crippen LogP contribution in [-0.4, -0.2) is 46.6 Å². The number of hydrogen-bond acceptors (Lipinski definition) is 9. The van der Waals surface area contributed by atoms with Gasteiger partial charge in [-0.3, -0.25) is 14.9 Å². The average Bonchev–Trinajstić information content (AvgIpc) is 3.84. The number of benzene rings is 2. The fourth-order valence-electron chi connectivity index (χ4n) is 6.28. The van der Waals surface area contributed by atoms with E-state index >= 15 is 0 Å². The van der Waals surface area contributed by atoms with E-state index in [4.69, 9.17) is 4.98 Å². The van der Waals surface area contributed by atoms with Crippen LogP contribution in [0.15, 0.2) is 72.8 Å². The van der Waals surface area contributed by atoms with Crippen molar-refractivity contribution in [1.29, 1.82) is 5.26 Å². The van der Waals surface area contributed by atoms with Crippen molar-refractivity contribution >= 4 is 54.3 Å². The summed E-state index contributed by atoms with van der Waals surface area (Å²) in [5.41, 5.74) is 6.26. The first-order valence-electron chi connectivity index (χ1n) is 16.4. The molecule has 3 aromatic heterocycles. The lowest BCUT2D eigenvalue weighted by atomic mass is 9.94. The number of hydrogen-bond donors (Lipinski definition) is 2. The third kappa shape index (κ3) is 6.39. The Morgan fingerprint density at radius 3 is 2.60 bits per heavy atom. The minimum atomic E-state index is -3.87. The summed E-state index contributed by atoms with van der Waals surface area (Å²) in [6.45, 7) is 9.30. The molecule has 7 rings (SSSR count). The van der Waals surface area contributed by atoms with E-state index in [1.165, 1.54) is 11.3 Å². The van der Waals surface area contributed by atoms with E-state index in [2.05, 4.69) is 27.7 Å². The monoisotopic (exact) mass is 705 g/mol. The van der Waals surface area contributed by atoms with Gasteiger partial charge in [-0.25, -0.2) is 23.1 Å². The van der Waals surface area contributed by atoms with Gasteiger partial charge in [-0.2, -0.15) is 5.26 Å². The molecule has 2 N–H and O–H groups in total. The van der Waals surface area contributed by atoms with Crippen LogP contribution >= 0.6 is 11.3 Å². The minimum Gasteiger partial charge on any atom is -0.352 e. The second-order valence-electron chi connectivity index (χ2n) is 12.6. The Bertz CT molecular complexity index is 2320. The first kappa shape index (κ1) is 33.2. The van der Waals surface area contributed by atoms with E-state index in [9.17, 15) is 23.3 Å². The van der Waals surface area contributed by atoms with Crippen LogP contribution in [-0.2, 0) is 29.5 Å². The summed E-state index contributed by atoms with van der Waals surface area (Å²) in [6.07, 6.45) is 2.37. The molecule has 4 heterocycles. The number of thiazole rings is 1. The second kappa shape index (κ2) is 13.2. The van der Waals surface area contributed by atoms with Crippen molar-refractivity contribution in [1.82, 2.24) is 19.3 Å². The van der Waals surface area contributed by atoms with Gasteiger partial charge < -0.3 is 9.47 Å². The Kier molecular flexibility index (Phi) is 8.75.